The molecule has 8 heteroatoms. The summed E-state index contributed by atoms with van der Waals surface area (Å²) in [7, 11) is -2.49. The van der Waals surface area contributed by atoms with Crippen molar-refractivity contribution in [1.29, 1.82) is 0 Å². The summed E-state index contributed by atoms with van der Waals surface area (Å²) in [5, 5.41) is 9.31. The number of methoxy groups -OCH3 is 1. The second kappa shape index (κ2) is 7.03. The molecule has 1 atom stereocenters. The van der Waals surface area contributed by atoms with E-state index in [4.69, 9.17) is 0 Å². The minimum atomic E-state index is -3.63. The second-order valence-corrected chi connectivity index (χ2v) is 5.96. The number of ether oxygens (including phenoxy) is 1. The zero-order valence-electron chi connectivity index (χ0n) is 10.5. The van der Waals surface area contributed by atoms with Gasteiger partial charge in [0.1, 0.15) is 0 Å². The van der Waals surface area contributed by atoms with Crippen molar-refractivity contribution in [2.75, 3.05) is 26.7 Å². The lowest BCUT2D eigenvalue weighted by molar-refractivity contribution is -0.149. The van der Waals surface area contributed by atoms with Gasteiger partial charge in [-0.05, 0) is 12.8 Å². The van der Waals surface area contributed by atoms with Gasteiger partial charge in [0.15, 0.2) is 6.10 Å². The van der Waals surface area contributed by atoms with Crippen molar-refractivity contribution in [2.45, 2.75) is 31.8 Å². The Morgan fingerprint density at radius 1 is 1.33 bits per heavy atom. The van der Waals surface area contributed by atoms with Crippen LogP contribution in [-0.2, 0) is 19.7 Å². The van der Waals surface area contributed by atoms with Crippen LogP contribution >= 0.6 is 0 Å². The highest BCUT2D eigenvalue weighted by Crippen LogP contribution is 2.12. The van der Waals surface area contributed by atoms with E-state index in [2.05, 4.69) is 9.46 Å². The molecule has 1 aliphatic rings. The van der Waals surface area contributed by atoms with Gasteiger partial charge in [-0.15, -0.1) is 0 Å². The van der Waals surface area contributed by atoms with Crippen molar-refractivity contribution in [3.05, 3.63) is 0 Å². The number of aliphatic hydroxyl groups is 1. The molecule has 0 aliphatic carbocycles. The molecule has 7 nitrogen and oxygen atoms in total. The van der Waals surface area contributed by atoms with Crippen LogP contribution in [0.25, 0.3) is 0 Å². The molecule has 1 heterocycles. The summed E-state index contributed by atoms with van der Waals surface area (Å²) in [6, 6.07) is 0. The van der Waals surface area contributed by atoms with Crippen LogP contribution in [0.4, 0.5) is 0 Å². The van der Waals surface area contributed by atoms with E-state index in [-0.39, 0.29) is 6.54 Å². The van der Waals surface area contributed by atoms with Gasteiger partial charge in [-0.25, -0.2) is 4.79 Å². The molecule has 0 aromatic heterocycles. The second-order valence-electron chi connectivity index (χ2n) is 4.21. The van der Waals surface area contributed by atoms with Gasteiger partial charge >= 0.3 is 5.97 Å². The van der Waals surface area contributed by atoms with Crippen molar-refractivity contribution in [1.82, 2.24) is 9.03 Å². The van der Waals surface area contributed by atoms with Gasteiger partial charge < -0.3 is 9.84 Å². The van der Waals surface area contributed by atoms with Crippen LogP contribution in [0.3, 0.4) is 0 Å². The number of esters is 1. The molecule has 0 radical (unpaired) electrons. The van der Waals surface area contributed by atoms with Gasteiger partial charge in [-0.1, -0.05) is 12.8 Å². The average Bonchev–Trinajstić information content (AvgIpc) is 2.64. The van der Waals surface area contributed by atoms with Gasteiger partial charge in [0.25, 0.3) is 10.2 Å². The Bertz CT molecular complexity index is 362. The summed E-state index contributed by atoms with van der Waals surface area (Å²) >= 11 is 0. The topological polar surface area (TPSA) is 95.9 Å². The van der Waals surface area contributed by atoms with E-state index in [0.717, 1.165) is 32.8 Å². The van der Waals surface area contributed by atoms with Crippen molar-refractivity contribution in [3.8, 4) is 0 Å². The SMILES string of the molecule is COC(=O)C(O)CNS(=O)(=O)N1CCCCCC1. The molecule has 0 aromatic carbocycles. The van der Waals surface area contributed by atoms with E-state index in [1.165, 1.54) is 4.31 Å². The largest absolute Gasteiger partial charge is 0.467 e. The molecule has 1 saturated heterocycles. The maximum Gasteiger partial charge on any atom is 0.336 e. The van der Waals surface area contributed by atoms with Gasteiger partial charge in [0.05, 0.1) is 7.11 Å². The van der Waals surface area contributed by atoms with E-state index in [9.17, 15) is 18.3 Å². The summed E-state index contributed by atoms with van der Waals surface area (Å²) in [6.45, 7) is 0.582. The van der Waals surface area contributed by atoms with E-state index in [0.29, 0.717) is 13.1 Å². The molecular formula is C10H20N2O5S. The number of hydrogen-bond donors (Lipinski definition) is 2. The molecular weight excluding hydrogens is 260 g/mol. The van der Waals surface area contributed by atoms with E-state index < -0.39 is 22.3 Å². The number of aliphatic hydroxyl groups excluding tert-OH is 1. The number of carbonyl (C=O) groups excluding carboxylic acids is 1. The van der Waals surface area contributed by atoms with Gasteiger partial charge in [-0.2, -0.15) is 17.4 Å². The fourth-order valence-electron chi connectivity index (χ4n) is 1.78. The van der Waals surface area contributed by atoms with Gasteiger partial charge in [0.2, 0.25) is 0 Å². The van der Waals surface area contributed by atoms with Crippen molar-refractivity contribution in [2.24, 2.45) is 0 Å². The Kier molecular flexibility index (Phi) is 6.00. The molecule has 2 N–H and O–H groups in total. The molecule has 18 heavy (non-hydrogen) atoms. The normalized spacial score (nSPS) is 20.1. The van der Waals surface area contributed by atoms with Crippen molar-refractivity contribution < 1.29 is 23.1 Å². The molecule has 0 bridgehead atoms. The molecule has 0 amide bonds. The fourth-order valence-corrected chi connectivity index (χ4v) is 3.07. The van der Waals surface area contributed by atoms with E-state index >= 15 is 0 Å². The summed E-state index contributed by atoms with van der Waals surface area (Å²) in [5.41, 5.74) is 0. The number of rotatable bonds is 5. The number of nitrogens with one attached hydrogen (secondary N) is 1. The molecule has 0 aromatic rings. The first-order valence-corrected chi connectivity index (χ1v) is 7.42. The third kappa shape index (κ3) is 4.52. The third-order valence-corrected chi connectivity index (χ3v) is 4.41. The van der Waals surface area contributed by atoms with Crippen LogP contribution in [0.5, 0.6) is 0 Å². The highest BCUT2D eigenvalue weighted by molar-refractivity contribution is 7.87. The van der Waals surface area contributed by atoms with Gasteiger partial charge in [-0.3, -0.25) is 0 Å². The quantitative estimate of drug-likeness (QED) is 0.645. The third-order valence-electron chi connectivity index (χ3n) is 2.84. The number of carbonyl (C=O) groups is 1. The summed E-state index contributed by atoms with van der Waals surface area (Å²) in [6.07, 6.45) is 2.24. The predicted octanol–water partition coefficient (Wildman–Crippen LogP) is -0.769. The molecule has 1 aliphatic heterocycles. The molecule has 0 saturated carbocycles. The van der Waals surface area contributed by atoms with Crippen LogP contribution in [0, 0.1) is 0 Å². The van der Waals surface area contributed by atoms with Crippen molar-refractivity contribution >= 4 is 16.2 Å². The predicted molar refractivity (Wildman–Crippen MR) is 65.0 cm³/mol. The summed E-state index contributed by atoms with van der Waals surface area (Å²) in [4.78, 5) is 10.9. The minimum absolute atomic E-state index is 0.370. The zero-order valence-corrected chi connectivity index (χ0v) is 11.3. The minimum Gasteiger partial charge on any atom is -0.467 e. The maximum atomic E-state index is 11.9. The lowest BCUT2D eigenvalue weighted by Crippen LogP contribution is -2.45. The Hall–Kier alpha value is -0.700. The van der Waals surface area contributed by atoms with Crippen LogP contribution in [0.1, 0.15) is 25.7 Å². The lowest BCUT2D eigenvalue weighted by atomic mass is 10.2. The Morgan fingerprint density at radius 2 is 1.89 bits per heavy atom. The molecule has 1 fully saturated rings. The maximum absolute atomic E-state index is 11.9. The summed E-state index contributed by atoms with van der Waals surface area (Å²) in [5.74, 6) is -0.853. The zero-order chi connectivity index (χ0) is 13.6. The van der Waals surface area contributed by atoms with Crippen LogP contribution in [0.2, 0.25) is 0 Å². The van der Waals surface area contributed by atoms with Crippen LogP contribution in [0.15, 0.2) is 0 Å². The van der Waals surface area contributed by atoms with Crippen LogP contribution < -0.4 is 4.72 Å². The monoisotopic (exact) mass is 280 g/mol. The summed E-state index contributed by atoms with van der Waals surface area (Å²) < 4.78 is 31.7. The Morgan fingerprint density at radius 3 is 2.39 bits per heavy atom. The first-order valence-electron chi connectivity index (χ1n) is 5.98. The highest BCUT2D eigenvalue weighted by Gasteiger charge is 2.25. The first kappa shape index (κ1) is 15.4. The van der Waals surface area contributed by atoms with E-state index in [1.54, 1.807) is 0 Å². The smallest absolute Gasteiger partial charge is 0.336 e. The molecule has 1 rings (SSSR count). The van der Waals surface area contributed by atoms with E-state index in [1.807, 2.05) is 0 Å². The lowest BCUT2D eigenvalue weighted by Gasteiger charge is -2.20. The Labute approximate surface area is 107 Å². The number of nitrogens with zero attached hydrogens (tertiary/aromatic N) is 1. The highest BCUT2D eigenvalue weighted by atomic mass is 32.2. The molecule has 106 valence electrons. The standard InChI is InChI=1S/C10H20N2O5S/c1-17-10(14)9(13)8-11-18(15,16)12-6-4-2-3-5-7-12/h9,11,13H,2-8H2,1H3. The molecule has 1 unspecified atom stereocenters. The first-order chi connectivity index (χ1) is 8.47. The fraction of sp³-hybridized carbons (Fsp3) is 0.900. The van der Waals surface area contributed by atoms with Crippen LogP contribution in [-0.4, -0.2) is 56.6 Å². The molecule has 0 spiro atoms. The van der Waals surface area contributed by atoms with Crippen molar-refractivity contribution in [3.63, 3.8) is 0 Å². The number of hydrogen-bond acceptors (Lipinski definition) is 5. The van der Waals surface area contributed by atoms with Gasteiger partial charge in [0, 0.05) is 19.6 Å². The Balaban J connectivity index is 2.50. The average molecular weight is 280 g/mol.